The lowest BCUT2D eigenvalue weighted by atomic mass is 10.1. The molecule has 0 spiro atoms. The molecule has 0 fully saturated rings. The van der Waals surface area contributed by atoms with Crippen molar-refractivity contribution in [2.24, 2.45) is 0 Å². The van der Waals surface area contributed by atoms with Crippen LogP contribution in [0, 0.1) is 6.92 Å². The standard InChI is InChI=1S/C16H21N3S2/c1-4-6-11(2)17-16(20)19-14-8-5-7-13(9-14)15-10-21-12(3)18-15/h5,7-11H,4,6H2,1-3H3,(H2,17,19,20). The topological polar surface area (TPSA) is 37.0 Å². The fraction of sp³-hybridized carbons (Fsp3) is 0.375. The molecule has 1 aromatic carbocycles. The zero-order valence-electron chi connectivity index (χ0n) is 12.6. The molecule has 0 aliphatic heterocycles. The van der Waals surface area contributed by atoms with Crippen molar-refractivity contribution in [3.05, 3.63) is 34.7 Å². The van der Waals surface area contributed by atoms with Crippen molar-refractivity contribution in [3.8, 4) is 11.3 Å². The zero-order valence-corrected chi connectivity index (χ0v) is 14.3. The van der Waals surface area contributed by atoms with Crippen LogP contribution in [0.4, 0.5) is 5.69 Å². The summed E-state index contributed by atoms with van der Waals surface area (Å²) in [4.78, 5) is 4.52. The number of benzene rings is 1. The number of aromatic nitrogens is 1. The smallest absolute Gasteiger partial charge is 0.170 e. The first kappa shape index (κ1) is 15.9. The van der Waals surface area contributed by atoms with Crippen LogP contribution < -0.4 is 10.6 Å². The quantitative estimate of drug-likeness (QED) is 0.790. The van der Waals surface area contributed by atoms with Gasteiger partial charge in [-0.1, -0.05) is 25.5 Å². The van der Waals surface area contributed by atoms with E-state index < -0.39 is 0 Å². The van der Waals surface area contributed by atoms with Crippen LogP contribution in [0.15, 0.2) is 29.6 Å². The molecular weight excluding hydrogens is 298 g/mol. The molecule has 2 aromatic rings. The van der Waals surface area contributed by atoms with E-state index in [4.69, 9.17) is 12.2 Å². The van der Waals surface area contributed by atoms with Gasteiger partial charge in [-0.15, -0.1) is 11.3 Å². The number of nitrogens with zero attached hydrogens (tertiary/aromatic N) is 1. The molecule has 1 atom stereocenters. The van der Waals surface area contributed by atoms with E-state index in [1.54, 1.807) is 11.3 Å². The Balaban J connectivity index is 2.03. The molecule has 0 saturated carbocycles. The van der Waals surface area contributed by atoms with Crippen LogP contribution >= 0.6 is 23.6 Å². The minimum Gasteiger partial charge on any atom is -0.360 e. The van der Waals surface area contributed by atoms with Crippen molar-refractivity contribution in [3.63, 3.8) is 0 Å². The molecule has 1 aromatic heterocycles. The Kier molecular flexibility index (Phi) is 5.70. The van der Waals surface area contributed by atoms with E-state index in [-0.39, 0.29) is 0 Å². The minimum atomic E-state index is 0.388. The number of hydrogen-bond donors (Lipinski definition) is 2. The fourth-order valence-corrected chi connectivity index (χ4v) is 3.09. The van der Waals surface area contributed by atoms with Gasteiger partial charge in [0.2, 0.25) is 0 Å². The highest BCUT2D eigenvalue weighted by Crippen LogP contribution is 2.24. The number of thiazole rings is 1. The van der Waals surface area contributed by atoms with Gasteiger partial charge < -0.3 is 10.6 Å². The van der Waals surface area contributed by atoms with E-state index in [0.717, 1.165) is 34.8 Å². The van der Waals surface area contributed by atoms with Crippen molar-refractivity contribution in [1.82, 2.24) is 10.3 Å². The van der Waals surface area contributed by atoms with Gasteiger partial charge >= 0.3 is 0 Å². The summed E-state index contributed by atoms with van der Waals surface area (Å²) in [6, 6.07) is 8.56. The SMILES string of the molecule is CCCC(C)NC(=S)Nc1cccc(-c2csc(C)n2)c1. The van der Waals surface area contributed by atoms with Crippen LogP contribution in [-0.4, -0.2) is 16.1 Å². The summed E-state index contributed by atoms with van der Waals surface area (Å²) in [6.07, 6.45) is 2.26. The fourth-order valence-electron chi connectivity index (χ4n) is 2.15. The lowest BCUT2D eigenvalue weighted by Gasteiger charge is -2.16. The van der Waals surface area contributed by atoms with Gasteiger partial charge in [-0.25, -0.2) is 4.98 Å². The van der Waals surface area contributed by atoms with Gasteiger partial charge in [-0.3, -0.25) is 0 Å². The summed E-state index contributed by atoms with van der Waals surface area (Å²) in [5.41, 5.74) is 3.10. The summed E-state index contributed by atoms with van der Waals surface area (Å²) >= 11 is 7.02. The molecule has 112 valence electrons. The van der Waals surface area contributed by atoms with Gasteiger partial charge in [-0.2, -0.15) is 0 Å². The average Bonchev–Trinajstić information content (AvgIpc) is 2.86. The molecule has 3 nitrogen and oxygen atoms in total. The number of anilines is 1. The molecule has 2 N–H and O–H groups in total. The van der Waals surface area contributed by atoms with E-state index in [1.807, 2.05) is 19.1 Å². The van der Waals surface area contributed by atoms with Crippen molar-refractivity contribution in [2.75, 3.05) is 5.32 Å². The maximum absolute atomic E-state index is 5.35. The van der Waals surface area contributed by atoms with Crippen LogP contribution in [0.3, 0.4) is 0 Å². The Morgan fingerprint density at radius 2 is 2.24 bits per heavy atom. The number of nitrogens with one attached hydrogen (secondary N) is 2. The molecule has 0 aliphatic carbocycles. The first-order valence-corrected chi connectivity index (χ1v) is 8.47. The van der Waals surface area contributed by atoms with Gasteiger partial charge in [0.15, 0.2) is 5.11 Å². The zero-order chi connectivity index (χ0) is 15.2. The Hall–Kier alpha value is -1.46. The van der Waals surface area contributed by atoms with Crippen molar-refractivity contribution in [1.29, 1.82) is 0 Å². The van der Waals surface area contributed by atoms with Crippen molar-refractivity contribution < 1.29 is 0 Å². The normalized spacial score (nSPS) is 12.0. The Morgan fingerprint density at radius 3 is 2.90 bits per heavy atom. The first-order chi connectivity index (χ1) is 10.1. The predicted octanol–water partition coefficient (Wildman–Crippen LogP) is 4.59. The maximum atomic E-state index is 5.35. The van der Waals surface area contributed by atoms with Crippen LogP contribution in [0.5, 0.6) is 0 Å². The molecule has 21 heavy (non-hydrogen) atoms. The average molecular weight is 319 g/mol. The van der Waals surface area contributed by atoms with Crippen LogP contribution in [0.1, 0.15) is 31.7 Å². The van der Waals surface area contributed by atoms with E-state index >= 15 is 0 Å². The number of hydrogen-bond acceptors (Lipinski definition) is 3. The van der Waals surface area contributed by atoms with E-state index in [1.165, 1.54) is 0 Å². The van der Waals surface area contributed by atoms with Crippen LogP contribution in [0.2, 0.25) is 0 Å². The van der Waals surface area contributed by atoms with Crippen molar-refractivity contribution in [2.45, 2.75) is 39.7 Å². The molecule has 0 aliphatic rings. The van der Waals surface area contributed by atoms with Gasteiger partial charge in [0.1, 0.15) is 0 Å². The molecular formula is C16H21N3S2. The number of thiocarbonyl (C=S) groups is 1. The van der Waals surface area contributed by atoms with Crippen LogP contribution in [0.25, 0.3) is 11.3 Å². The van der Waals surface area contributed by atoms with Crippen molar-refractivity contribution >= 4 is 34.4 Å². The molecule has 0 radical (unpaired) electrons. The van der Waals surface area contributed by atoms with E-state index in [9.17, 15) is 0 Å². The molecule has 5 heteroatoms. The Morgan fingerprint density at radius 1 is 1.43 bits per heavy atom. The molecule has 2 rings (SSSR count). The van der Waals surface area contributed by atoms with E-state index in [2.05, 4.69) is 47.0 Å². The predicted molar refractivity (Wildman–Crippen MR) is 96.0 cm³/mol. The third-order valence-corrected chi connectivity index (χ3v) is 4.13. The maximum Gasteiger partial charge on any atom is 0.170 e. The third-order valence-electron chi connectivity index (χ3n) is 3.13. The first-order valence-electron chi connectivity index (χ1n) is 7.18. The largest absolute Gasteiger partial charge is 0.360 e. The second-order valence-electron chi connectivity index (χ2n) is 5.12. The van der Waals surface area contributed by atoms with Gasteiger partial charge in [0.25, 0.3) is 0 Å². The van der Waals surface area contributed by atoms with Gasteiger partial charge in [0, 0.05) is 22.7 Å². The number of rotatable bonds is 5. The lowest BCUT2D eigenvalue weighted by molar-refractivity contribution is 0.599. The molecule has 0 amide bonds. The summed E-state index contributed by atoms with van der Waals surface area (Å²) in [6.45, 7) is 6.34. The minimum absolute atomic E-state index is 0.388. The summed E-state index contributed by atoms with van der Waals surface area (Å²) in [5.74, 6) is 0. The highest BCUT2D eigenvalue weighted by molar-refractivity contribution is 7.80. The second kappa shape index (κ2) is 7.52. The Bertz CT molecular complexity index is 607. The molecule has 0 saturated heterocycles. The highest BCUT2D eigenvalue weighted by Gasteiger charge is 2.06. The van der Waals surface area contributed by atoms with E-state index in [0.29, 0.717) is 11.2 Å². The lowest BCUT2D eigenvalue weighted by Crippen LogP contribution is -2.35. The molecule has 1 heterocycles. The monoisotopic (exact) mass is 319 g/mol. The van der Waals surface area contributed by atoms with Gasteiger partial charge in [-0.05, 0) is 44.6 Å². The van der Waals surface area contributed by atoms with Gasteiger partial charge in [0.05, 0.1) is 10.7 Å². The summed E-state index contributed by atoms with van der Waals surface area (Å²) < 4.78 is 0. The van der Waals surface area contributed by atoms with Crippen LogP contribution in [-0.2, 0) is 0 Å². The number of aryl methyl sites for hydroxylation is 1. The Labute approximate surface area is 135 Å². The summed E-state index contributed by atoms with van der Waals surface area (Å²) in [7, 11) is 0. The second-order valence-corrected chi connectivity index (χ2v) is 6.59. The molecule has 1 unspecified atom stereocenters. The summed E-state index contributed by atoms with van der Waals surface area (Å²) in [5, 5.41) is 10.4. The molecule has 0 bridgehead atoms. The third kappa shape index (κ3) is 4.79. The highest BCUT2D eigenvalue weighted by atomic mass is 32.1.